The smallest absolute Gasteiger partial charge is 0.243 e. The van der Waals surface area contributed by atoms with Crippen LogP contribution in [0.3, 0.4) is 0 Å². The van der Waals surface area contributed by atoms with Crippen LogP contribution in [0.2, 0.25) is 0 Å². The van der Waals surface area contributed by atoms with Crippen LogP contribution >= 0.6 is 12.4 Å². The van der Waals surface area contributed by atoms with Crippen LogP contribution in [-0.4, -0.2) is 39.5 Å². The van der Waals surface area contributed by atoms with Gasteiger partial charge in [-0.1, -0.05) is 43.3 Å². The summed E-state index contributed by atoms with van der Waals surface area (Å²) in [6.07, 6.45) is 0.970. The molecular weight excluding hydrogens is 384 g/mol. The lowest BCUT2D eigenvalue weighted by Crippen LogP contribution is -2.48. The molecule has 5 nitrogen and oxygen atoms in total. The predicted octanol–water partition coefficient (Wildman–Crippen LogP) is 3.15. The van der Waals surface area contributed by atoms with E-state index in [9.17, 15) is 8.42 Å². The molecule has 1 aliphatic heterocycles. The Bertz CT molecular complexity index is 841. The van der Waals surface area contributed by atoms with Gasteiger partial charge in [0, 0.05) is 26.7 Å². The second-order valence-corrected chi connectivity index (χ2v) is 8.40. The molecule has 0 saturated carbocycles. The van der Waals surface area contributed by atoms with E-state index in [4.69, 9.17) is 4.74 Å². The third-order valence-corrected chi connectivity index (χ3v) is 6.69. The Morgan fingerprint density at radius 3 is 2.56 bits per heavy atom. The molecule has 2 aromatic carbocycles. The summed E-state index contributed by atoms with van der Waals surface area (Å²) in [5.74, 6) is 0. The Morgan fingerprint density at radius 1 is 1.15 bits per heavy atom. The third kappa shape index (κ3) is 4.89. The number of hydrogen-bond acceptors (Lipinski definition) is 4. The molecule has 0 radical (unpaired) electrons. The zero-order valence-corrected chi connectivity index (χ0v) is 17.4. The van der Waals surface area contributed by atoms with Crippen molar-refractivity contribution >= 4 is 22.4 Å². The summed E-state index contributed by atoms with van der Waals surface area (Å²) < 4.78 is 33.4. The van der Waals surface area contributed by atoms with E-state index < -0.39 is 10.0 Å². The number of piperazine rings is 1. The molecule has 0 aliphatic carbocycles. The molecule has 7 heteroatoms. The van der Waals surface area contributed by atoms with Gasteiger partial charge in [-0.25, -0.2) is 8.42 Å². The van der Waals surface area contributed by atoms with Gasteiger partial charge < -0.3 is 10.1 Å². The molecule has 2 aromatic rings. The van der Waals surface area contributed by atoms with Crippen molar-refractivity contribution in [2.45, 2.75) is 30.9 Å². The first-order valence-corrected chi connectivity index (χ1v) is 10.4. The van der Waals surface area contributed by atoms with Crippen LogP contribution in [0.5, 0.6) is 0 Å². The summed E-state index contributed by atoms with van der Waals surface area (Å²) in [5.41, 5.74) is 3.12. The third-order valence-electron chi connectivity index (χ3n) is 4.78. The molecule has 1 saturated heterocycles. The first kappa shape index (κ1) is 21.9. The van der Waals surface area contributed by atoms with Gasteiger partial charge in [-0.15, -0.1) is 12.4 Å². The maximum atomic E-state index is 13.3. The van der Waals surface area contributed by atoms with E-state index in [1.165, 1.54) is 5.56 Å². The maximum absolute atomic E-state index is 13.3. The topological polar surface area (TPSA) is 58.6 Å². The molecule has 3 rings (SSSR count). The standard InChI is InChI=1S/C20H26N2O3S.ClH/c1-3-16-7-9-18(10-8-16)20-14-21-11-12-22(20)26(23,24)19-6-4-5-17(13-19)15-25-2;/h4-10,13,20-21H,3,11-12,14-15H2,1-2H3;1H. The van der Waals surface area contributed by atoms with Gasteiger partial charge in [0.1, 0.15) is 0 Å². The summed E-state index contributed by atoms with van der Waals surface area (Å²) in [6, 6.07) is 15.1. The van der Waals surface area contributed by atoms with E-state index in [2.05, 4.69) is 24.4 Å². The molecule has 1 unspecified atom stereocenters. The van der Waals surface area contributed by atoms with Crippen molar-refractivity contribution in [1.82, 2.24) is 9.62 Å². The lowest BCUT2D eigenvalue weighted by Gasteiger charge is -2.35. The predicted molar refractivity (Wildman–Crippen MR) is 110 cm³/mol. The first-order chi connectivity index (χ1) is 12.6. The molecule has 1 fully saturated rings. The van der Waals surface area contributed by atoms with Crippen LogP contribution in [0, 0.1) is 0 Å². The fraction of sp³-hybridized carbons (Fsp3) is 0.400. The Labute approximate surface area is 168 Å². The van der Waals surface area contributed by atoms with Crippen molar-refractivity contribution in [2.24, 2.45) is 0 Å². The van der Waals surface area contributed by atoms with Crippen LogP contribution < -0.4 is 5.32 Å². The van der Waals surface area contributed by atoms with E-state index in [1.807, 2.05) is 18.2 Å². The number of methoxy groups -OCH3 is 1. The maximum Gasteiger partial charge on any atom is 0.243 e. The molecule has 1 aliphatic rings. The highest BCUT2D eigenvalue weighted by Crippen LogP contribution is 2.29. The molecule has 0 aromatic heterocycles. The summed E-state index contributed by atoms with van der Waals surface area (Å²) in [6.45, 7) is 4.23. The van der Waals surface area contributed by atoms with Gasteiger partial charge in [0.2, 0.25) is 10.0 Å². The van der Waals surface area contributed by atoms with Gasteiger partial charge in [0.05, 0.1) is 17.5 Å². The van der Waals surface area contributed by atoms with E-state index in [0.29, 0.717) is 31.1 Å². The van der Waals surface area contributed by atoms with Crippen molar-refractivity contribution < 1.29 is 13.2 Å². The van der Waals surface area contributed by atoms with Gasteiger partial charge in [0.25, 0.3) is 0 Å². The van der Waals surface area contributed by atoms with Crippen molar-refractivity contribution in [2.75, 3.05) is 26.7 Å². The number of rotatable bonds is 6. The number of hydrogen-bond donors (Lipinski definition) is 1. The second-order valence-electron chi connectivity index (χ2n) is 6.51. The number of ether oxygens (including phenoxy) is 1. The van der Waals surface area contributed by atoms with Crippen LogP contribution in [0.15, 0.2) is 53.4 Å². The average Bonchev–Trinajstić information content (AvgIpc) is 2.68. The van der Waals surface area contributed by atoms with Crippen molar-refractivity contribution in [3.63, 3.8) is 0 Å². The Hall–Kier alpha value is -1.44. The Kier molecular flexibility index (Phi) is 7.82. The highest BCUT2D eigenvalue weighted by atomic mass is 35.5. The number of nitrogens with one attached hydrogen (secondary N) is 1. The Morgan fingerprint density at radius 2 is 1.89 bits per heavy atom. The van der Waals surface area contributed by atoms with E-state index in [0.717, 1.165) is 17.5 Å². The lowest BCUT2D eigenvalue weighted by atomic mass is 10.0. The average molecular weight is 411 g/mol. The number of benzene rings is 2. The highest BCUT2D eigenvalue weighted by Gasteiger charge is 2.34. The number of aryl methyl sites for hydroxylation is 1. The van der Waals surface area contributed by atoms with Crippen molar-refractivity contribution in [1.29, 1.82) is 0 Å². The molecule has 1 heterocycles. The first-order valence-electron chi connectivity index (χ1n) is 8.95. The summed E-state index contributed by atoms with van der Waals surface area (Å²) in [4.78, 5) is 0.323. The van der Waals surface area contributed by atoms with E-state index in [-0.39, 0.29) is 18.4 Å². The second kappa shape index (κ2) is 9.66. The number of halogens is 1. The van der Waals surface area contributed by atoms with Crippen LogP contribution in [-0.2, 0) is 27.8 Å². The van der Waals surface area contributed by atoms with Crippen molar-refractivity contribution in [3.05, 3.63) is 65.2 Å². The lowest BCUT2D eigenvalue weighted by molar-refractivity contribution is 0.184. The molecule has 0 amide bonds. The minimum Gasteiger partial charge on any atom is -0.380 e. The quantitative estimate of drug-likeness (QED) is 0.794. The summed E-state index contributed by atoms with van der Waals surface area (Å²) in [7, 11) is -1.97. The van der Waals surface area contributed by atoms with Gasteiger partial charge in [-0.05, 0) is 35.2 Å². The largest absolute Gasteiger partial charge is 0.380 e. The van der Waals surface area contributed by atoms with Crippen molar-refractivity contribution in [3.8, 4) is 0 Å². The number of sulfonamides is 1. The number of nitrogens with zero attached hydrogens (tertiary/aromatic N) is 1. The summed E-state index contributed by atoms with van der Waals surface area (Å²) >= 11 is 0. The zero-order chi connectivity index (χ0) is 18.6. The fourth-order valence-electron chi connectivity index (χ4n) is 3.33. The molecule has 0 spiro atoms. The molecule has 1 N–H and O–H groups in total. The minimum atomic E-state index is -3.58. The zero-order valence-electron chi connectivity index (χ0n) is 15.7. The fourth-order valence-corrected chi connectivity index (χ4v) is 5.02. The van der Waals surface area contributed by atoms with Gasteiger partial charge in [-0.2, -0.15) is 4.31 Å². The normalized spacial score (nSPS) is 18.1. The van der Waals surface area contributed by atoms with Crippen LogP contribution in [0.4, 0.5) is 0 Å². The SMILES string of the molecule is CCc1ccc(C2CNCCN2S(=O)(=O)c2cccc(COC)c2)cc1.Cl. The van der Waals surface area contributed by atoms with E-state index in [1.54, 1.807) is 29.6 Å². The van der Waals surface area contributed by atoms with Crippen LogP contribution in [0.1, 0.15) is 29.7 Å². The molecule has 27 heavy (non-hydrogen) atoms. The van der Waals surface area contributed by atoms with Gasteiger partial charge in [-0.3, -0.25) is 0 Å². The minimum absolute atomic E-state index is 0. The Balaban J connectivity index is 0.00000261. The van der Waals surface area contributed by atoms with Gasteiger partial charge in [0.15, 0.2) is 0 Å². The molecule has 148 valence electrons. The molecule has 0 bridgehead atoms. The monoisotopic (exact) mass is 410 g/mol. The molecule has 1 atom stereocenters. The van der Waals surface area contributed by atoms with Gasteiger partial charge >= 0.3 is 0 Å². The van der Waals surface area contributed by atoms with Crippen LogP contribution in [0.25, 0.3) is 0 Å². The van der Waals surface area contributed by atoms with E-state index >= 15 is 0 Å². The molecular formula is C20H27ClN2O3S. The highest BCUT2D eigenvalue weighted by molar-refractivity contribution is 7.89. The summed E-state index contributed by atoms with van der Waals surface area (Å²) in [5, 5.41) is 3.32.